The quantitative estimate of drug-likeness (QED) is 0.480. The summed E-state index contributed by atoms with van der Waals surface area (Å²) in [6.45, 7) is 0.519. The summed E-state index contributed by atoms with van der Waals surface area (Å²) >= 11 is 0. The van der Waals surface area contributed by atoms with Gasteiger partial charge < -0.3 is 10.8 Å². The molecule has 4 aromatic rings. The van der Waals surface area contributed by atoms with Gasteiger partial charge in [-0.1, -0.05) is 24.3 Å². The second kappa shape index (κ2) is 8.36. The molecule has 2 atom stereocenters. The van der Waals surface area contributed by atoms with Gasteiger partial charge in [-0.15, -0.1) is 10.2 Å². The van der Waals surface area contributed by atoms with Crippen LogP contribution < -0.4 is 5.73 Å². The van der Waals surface area contributed by atoms with Crippen LogP contribution in [0.1, 0.15) is 23.6 Å². The molecule has 1 aliphatic rings. The zero-order valence-electron chi connectivity index (χ0n) is 17.7. The maximum absolute atomic E-state index is 14.1. The molecular weight excluding hydrogens is 433 g/mol. The van der Waals surface area contributed by atoms with E-state index >= 15 is 0 Å². The van der Waals surface area contributed by atoms with Gasteiger partial charge in [0, 0.05) is 37.3 Å². The molecule has 0 saturated carbocycles. The Balaban J connectivity index is 1.58. The van der Waals surface area contributed by atoms with Crippen LogP contribution in [0.5, 0.6) is 0 Å². The Bertz CT molecular complexity index is 1300. The Labute approximate surface area is 187 Å². The second-order valence-corrected chi connectivity index (χ2v) is 8.40. The van der Waals surface area contributed by atoms with Gasteiger partial charge >= 0.3 is 6.18 Å². The summed E-state index contributed by atoms with van der Waals surface area (Å²) < 4.78 is 43.7. The Kier molecular flexibility index (Phi) is 5.51. The van der Waals surface area contributed by atoms with Gasteiger partial charge in [0.25, 0.3) is 0 Å². The van der Waals surface area contributed by atoms with Crippen molar-refractivity contribution in [1.29, 1.82) is 0 Å². The molecule has 5 rings (SSSR count). The standard InChI is InChI=1S/C23H23F3N6O/c24-23(25,26)21(31-9-7-17(27)13-31)16-4-6-20-29-30-22(32(20)12-16)18-5-3-15-2-1-14(8-10-33)11-19(15)28-18/h1-6,11-12,17,21,33H,7-10,13,27H2. The van der Waals surface area contributed by atoms with Crippen LogP contribution in [0.4, 0.5) is 13.2 Å². The number of benzene rings is 1. The SMILES string of the molecule is NC1CCN(C(c2ccc3nnc(-c4ccc5ccc(CCO)cc5n4)n3c2)C(F)(F)F)C1. The molecule has 0 amide bonds. The van der Waals surface area contributed by atoms with Gasteiger partial charge in [0.1, 0.15) is 11.7 Å². The van der Waals surface area contributed by atoms with Crippen LogP contribution in [-0.4, -0.2) is 61.5 Å². The monoisotopic (exact) mass is 456 g/mol. The summed E-state index contributed by atoms with van der Waals surface area (Å²) in [6, 6.07) is 10.4. The van der Waals surface area contributed by atoms with Crippen molar-refractivity contribution in [3.05, 3.63) is 59.8 Å². The third-order valence-electron chi connectivity index (χ3n) is 6.06. The number of halogens is 3. The molecule has 1 aliphatic heterocycles. The smallest absolute Gasteiger partial charge is 0.396 e. The lowest BCUT2D eigenvalue weighted by atomic mass is 10.1. The number of aromatic nitrogens is 4. The summed E-state index contributed by atoms with van der Waals surface area (Å²) in [6.07, 6.45) is -1.96. The first-order valence-electron chi connectivity index (χ1n) is 10.8. The fraction of sp³-hybridized carbons (Fsp3) is 0.348. The molecule has 1 saturated heterocycles. The number of hydrogen-bond donors (Lipinski definition) is 2. The van der Waals surface area contributed by atoms with E-state index in [-0.39, 0.29) is 24.8 Å². The Morgan fingerprint density at radius 2 is 1.94 bits per heavy atom. The third-order valence-corrected chi connectivity index (χ3v) is 6.06. The van der Waals surface area contributed by atoms with Crippen LogP contribution in [-0.2, 0) is 6.42 Å². The summed E-state index contributed by atoms with van der Waals surface area (Å²) in [5.74, 6) is 0.361. The summed E-state index contributed by atoms with van der Waals surface area (Å²) in [5, 5.41) is 18.4. The van der Waals surface area contributed by atoms with Gasteiger partial charge in [0.15, 0.2) is 11.5 Å². The Hall–Kier alpha value is -3.08. The molecule has 2 unspecified atom stereocenters. The zero-order chi connectivity index (χ0) is 23.2. The van der Waals surface area contributed by atoms with Gasteiger partial charge in [0.2, 0.25) is 0 Å². The van der Waals surface area contributed by atoms with Crippen LogP contribution in [0.15, 0.2) is 48.7 Å². The normalized spacial score (nSPS) is 18.4. The first-order valence-corrected chi connectivity index (χ1v) is 10.8. The Morgan fingerprint density at radius 1 is 1.12 bits per heavy atom. The van der Waals surface area contributed by atoms with Gasteiger partial charge in [-0.3, -0.25) is 9.30 Å². The van der Waals surface area contributed by atoms with Crippen LogP contribution >= 0.6 is 0 Å². The van der Waals surface area contributed by atoms with E-state index in [2.05, 4.69) is 15.2 Å². The van der Waals surface area contributed by atoms with Crippen molar-refractivity contribution in [2.75, 3.05) is 19.7 Å². The molecule has 10 heteroatoms. The van der Waals surface area contributed by atoms with Gasteiger partial charge in [-0.25, -0.2) is 4.98 Å². The Morgan fingerprint density at radius 3 is 2.67 bits per heavy atom. The van der Waals surface area contributed by atoms with Crippen molar-refractivity contribution in [3.63, 3.8) is 0 Å². The van der Waals surface area contributed by atoms with Crippen molar-refractivity contribution in [1.82, 2.24) is 24.5 Å². The zero-order valence-corrected chi connectivity index (χ0v) is 17.7. The largest absolute Gasteiger partial charge is 0.408 e. The summed E-state index contributed by atoms with van der Waals surface area (Å²) in [7, 11) is 0. The fourth-order valence-corrected chi connectivity index (χ4v) is 4.47. The van der Waals surface area contributed by atoms with Crippen molar-refractivity contribution in [2.45, 2.75) is 31.1 Å². The lowest BCUT2D eigenvalue weighted by Gasteiger charge is -2.30. The number of aliphatic hydroxyl groups is 1. The predicted octanol–water partition coefficient (Wildman–Crippen LogP) is 3.12. The maximum atomic E-state index is 14.1. The topological polar surface area (TPSA) is 92.6 Å². The van der Waals surface area contributed by atoms with Crippen molar-refractivity contribution >= 4 is 16.6 Å². The predicted molar refractivity (Wildman–Crippen MR) is 117 cm³/mol. The number of fused-ring (bicyclic) bond motifs is 2. The first-order chi connectivity index (χ1) is 15.8. The lowest BCUT2D eigenvalue weighted by Crippen LogP contribution is -2.38. The van der Waals surface area contributed by atoms with Crippen molar-refractivity contribution in [2.24, 2.45) is 5.73 Å². The van der Waals surface area contributed by atoms with Crippen LogP contribution in [0, 0.1) is 0 Å². The molecular formula is C23H23F3N6O. The number of alkyl halides is 3. The van der Waals surface area contributed by atoms with Crippen LogP contribution in [0.25, 0.3) is 28.1 Å². The average Bonchev–Trinajstić information content (AvgIpc) is 3.38. The molecule has 1 fully saturated rings. The summed E-state index contributed by atoms with van der Waals surface area (Å²) in [5.41, 5.74) is 8.58. The number of hydrogen-bond acceptors (Lipinski definition) is 6. The number of nitrogens with two attached hydrogens (primary N) is 1. The molecule has 172 valence electrons. The molecule has 33 heavy (non-hydrogen) atoms. The minimum Gasteiger partial charge on any atom is -0.396 e. The minimum absolute atomic E-state index is 0.0328. The van der Waals surface area contributed by atoms with Gasteiger partial charge in [0.05, 0.1) is 5.52 Å². The number of likely N-dealkylation sites (tertiary alicyclic amines) is 1. The molecule has 0 radical (unpaired) electrons. The van der Waals surface area contributed by atoms with Gasteiger partial charge in [-0.05, 0) is 42.2 Å². The van der Waals surface area contributed by atoms with Crippen LogP contribution in [0.2, 0.25) is 0 Å². The average molecular weight is 456 g/mol. The number of pyridine rings is 2. The van der Waals surface area contributed by atoms with Crippen molar-refractivity contribution < 1.29 is 18.3 Å². The highest BCUT2D eigenvalue weighted by atomic mass is 19.4. The number of aliphatic hydroxyl groups excluding tert-OH is 1. The van der Waals surface area contributed by atoms with Gasteiger partial charge in [-0.2, -0.15) is 13.2 Å². The highest BCUT2D eigenvalue weighted by molar-refractivity contribution is 5.81. The minimum atomic E-state index is -4.45. The highest BCUT2D eigenvalue weighted by Gasteiger charge is 2.46. The molecule has 4 heterocycles. The van der Waals surface area contributed by atoms with E-state index in [0.717, 1.165) is 10.9 Å². The molecule has 0 aliphatic carbocycles. The molecule has 0 bridgehead atoms. The fourth-order valence-electron chi connectivity index (χ4n) is 4.47. The maximum Gasteiger partial charge on any atom is 0.408 e. The lowest BCUT2D eigenvalue weighted by molar-refractivity contribution is -0.183. The van der Waals surface area contributed by atoms with E-state index < -0.39 is 12.2 Å². The number of nitrogens with zero attached hydrogens (tertiary/aromatic N) is 5. The van der Waals surface area contributed by atoms with E-state index in [9.17, 15) is 18.3 Å². The third kappa shape index (κ3) is 4.17. The molecule has 7 nitrogen and oxygen atoms in total. The number of rotatable bonds is 5. The molecule has 3 aromatic heterocycles. The second-order valence-electron chi connectivity index (χ2n) is 8.40. The van der Waals surface area contributed by atoms with E-state index in [1.165, 1.54) is 17.2 Å². The molecule has 0 spiro atoms. The van der Waals surface area contributed by atoms with E-state index in [1.54, 1.807) is 16.5 Å². The van der Waals surface area contributed by atoms with Crippen molar-refractivity contribution in [3.8, 4) is 11.5 Å². The van der Waals surface area contributed by atoms with Crippen LogP contribution in [0.3, 0.4) is 0 Å². The van der Waals surface area contributed by atoms with E-state index in [4.69, 9.17) is 5.73 Å². The first kappa shape index (κ1) is 21.7. The van der Waals surface area contributed by atoms with E-state index in [1.807, 2.05) is 24.3 Å². The van der Waals surface area contributed by atoms with E-state index in [0.29, 0.717) is 42.1 Å². The highest BCUT2D eigenvalue weighted by Crippen LogP contribution is 2.39. The molecule has 3 N–H and O–H groups in total. The summed E-state index contributed by atoms with van der Waals surface area (Å²) in [4.78, 5) is 6.05. The molecule has 1 aromatic carbocycles.